The largest absolute Gasteiger partial charge is 0.480 e. The molecule has 0 aliphatic carbocycles. The highest BCUT2D eigenvalue weighted by atomic mass is 32.1. The highest BCUT2D eigenvalue weighted by Crippen LogP contribution is 2.01. The average Bonchev–Trinajstić information content (AvgIpc) is 2.38. The van der Waals surface area contributed by atoms with E-state index in [4.69, 9.17) is 27.8 Å². The summed E-state index contributed by atoms with van der Waals surface area (Å²) in [4.78, 5) is 11.4. The summed E-state index contributed by atoms with van der Waals surface area (Å²) in [6.07, 6.45) is 0. The Morgan fingerprint density at radius 3 is 2.63 bits per heavy atom. The van der Waals surface area contributed by atoms with Crippen LogP contribution in [0.4, 0.5) is 0 Å². The van der Waals surface area contributed by atoms with Crippen LogP contribution in [-0.2, 0) is 16.1 Å². The van der Waals surface area contributed by atoms with Crippen molar-refractivity contribution in [3.8, 4) is 0 Å². The number of carboxylic acids is 1. The summed E-state index contributed by atoms with van der Waals surface area (Å²) in [5.41, 5.74) is 6.55. The molecule has 0 unspecified atom stereocenters. The van der Waals surface area contributed by atoms with Gasteiger partial charge in [-0.15, -0.1) is 0 Å². The number of aliphatic carboxylic acids is 1. The van der Waals surface area contributed by atoms with Crippen LogP contribution in [0.25, 0.3) is 0 Å². The molecule has 1 aromatic carbocycles. The summed E-state index contributed by atoms with van der Waals surface area (Å²) in [6.45, 7) is 2.08. The molecule has 0 amide bonds. The van der Waals surface area contributed by atoms with Crippen LogP contribution in [-0.4, -0.2) is 34.8 Å². The third kappa shape index (κ3) is 5.78. The van der Waals surface area contributed by atoms with Gasteiger partial charge in [0.2, 0.25) is 0 Å². The van der Waals surface area contributed by atoms with Gasteiger partial charge in [-0.3, -0.25) is 0 Å². The van der Waals surface area contributed by atoms with E-state index in [9.17, 15) is 4.79 Å². The van der Waals surface area contributed by atoms with Gasteiger partial charge in [0.05, 0.1) is 24.2 Å². The standard InChI is InChI=1S/C13H18N2O3S/c1-9(14)12(19)15-11(13(16)17)8-18-7-10-5-3-2-4-6-10/h2-6,9,11H,7-8,14H2,1H3,(H,15,19)(H,16,17)/t9-,11-/m0/s1. The molecule has 0 radical (unpaired) electrons. The lowest BCUT2D eigenvalue weighted by Gasteiger charge is -2.18. The van der Waals surface area contributed by atoms with E-state index in [-0.39, 0.29) is 12.6 Å². The van der Waals surface area contributed by atoms with Crippen molar-refractivity contribution in [2.24, 2.45) is 5.73 Å². The van der Waals surface area contributed by atoms with Crippen molar-refractivity contribution in [2.45, 2.75) is 25.6 Å². The number of ether oxygens (including phenoxy) is 1. The number of hydrogen-bond acceptors (Lipinski definition) is 4. The van der Waals surface area contributed by atoms with E-state index < -0.39 is 12.0 Å². The Hall–Kier alpha value is -1.50. The third-order valence-electron chi connectivity index (χ3n) is 2.42. The van der Waals surface area contributed by atoms with Gasteiger partial charge in [0.15, 0.2) is 0 Å². The summed E-state index contributed by atoms with van der Waals surface area (Å²) in [7, 11) is 0. The molecule has 0 spiro atoms. The normalized spacial score (nSPS) is 13.6. The van der Waals surface area contributed by atoms with Crippen LogP contribution in [0.1, 0.15) is 12.5 Å². The first kappa shape index (κ1) is 15.6. The summed E-state index contributed by atoms with van der Waals surface area (Å²) in [5, 5.41) is 11.7. The van der Waals surface area contributed by atoms with Crippen LogP contribution in [0.2, 0.25) is 0 Å². The maximum Gasteiger partial charge on any atom is 0.328 e. The number of rotatable bonds is 7. The molecule has 2 atom stereocenters. The first-order valence-corrected chi connectivity index (χ1v) is 6.32. The first-order valence-electron chi connectivity index (χ1n) is 5.91. The Morgan fingerprint density at radius 2 is 2.11 bits per heavy atom. The summed E-state index contributed by atoms with van der Waals surface area (Å²) >= 11 is 4.96. The van der Waals surface area contributed by atoms with Crippen LogP contribution in [0.3, 0.4) is 0 Å². The van der Waals surface area contributed by atoms with Crippen molar-refractivity contribution < 1.29 is 14.6 Å². The number of hydrogen-bond donors (Lipinski definition) is 3. The van der Waals surface area contributed by atoms with Crippen LogP contribution in [0.5, 0.6) is 0 Å². The van der Waals surface area contributed by atoms with Crippen LogP contribution in [0, 0.1) is 0 Å². The fourth-order valence-corrected chi connectivity index (χ4v) is 1.49. The smallest absolute Gasteiger partial charge is 0.328 e. The van der Waals surface area contributed by atoms with Gasteiger partial charge in [0, 0.05) is 0 Å². The second-order valence-corrected chi connectivity index (χ2v) is 4.63. The van der Waals surface area contributed by atoms with Gasteiger partial charge >= 0.3 is 5.97 Å². The first-order chi connectivity index (χ1) is 9.00. The quantitative estimate of drug-likeness (QED) is 0.645. The molecule has 4 N–H and O–H groups in total. The third-order valence-corrected chi connectivity index (χ3v) is 2.91. The van der Waals surface area contributed by atoms with Crippen molar-refractivity contribution in [1.29, 1.82) is 0 Å². The minimum Gasteiger partial charge on any atom is -0.480 e. The van der Waals surface area contributed by atoms with E-state index in [1.54, 1.807) is 6.92 Å². The molecule has 0 fully saturated rings. The van der Waals surface area contributed by atoms with Gasteiger partial charge in [0.25, 0.3) is 0 Å². The number of nitrogens with one attached hydrogen (secondary N) is 1. The number of benzene rings is 1. The van der Waals surface area contributed by atoms with Crippen molar-refractivity contribution in [3.05, 3.63) is 35.9 Å². The zero-order chi connectivity index (χ0) is 14.3. The highest BCUT2D eigenvalue weighted by Gasteiger charge is 2.19. The lowest BCUT2D eigenvalue weighted by Crippen LogP contribution is -2.48. The topological polar surface area (TPSA) is 84.6 Å². The van der Waals surface area contributed by atoms with Gasteiger partial charge in [0.1, 0.15) is 6.04 Å². The van der Waals surface area contributed by atoms with Gasteiger partial charge in [-0.05, 0) is 12.5 Å². The lowest BCUT2D eigenvalue weighted by molar-refractivity contribution is -0.140. The van der Waals surface area contributed by atoms with Gasteiger partial charge in [-0.2, -0.15) is 0 Å². The Bertz CT molecular complexity index is 423. The second kappa shape index (κ2) is 7.83. The van der Waals surface area contributed by atoms with Crippen LogP contribution in [0.15, 0.2) is 30.3 Å². The molecule has 5 nitrogen and oxygen atoms in total. The molecule has 0 saturated carbocycles. The van der Waals surface area contributed by atoms with E-state index >= 15 is 0 Å². The zero-order valence-electron chi connectivity index (χ0n) is 10.7. The predicted molar refractivity (Wildman–Crippen MR) is 76.9 cm³/mol. The van der Waals surface area contributed by atoms with E-state index in [2.05, 4.69) is 5.32 Å². The summed E-state index contributed by atoms with van der Waals surface area (Å²) in [5.74, 6) is -1.02. The Labute approximate surface area is 117 Å². The molecule has 104 valence electrons. The Balaban J connectivity index is 2.42. The highest BCUT2D eigenvalue weighted by molar-refractivity contribution is 7.80. The molecule has 0 aliphatic heterocycles. The molecule has 0 saturated heterocycles. The van der Waals surface area contributed by atoms with Gasteiger partial charge in [-0.1, -0.05) is 42.5 Å². The van der Waals surface area contributed by atoms with Gasteiger partial charge < -0.3 is 20.9 Å². The fourth-order valence-electron chi connectivity index (χ4n) is 1.35. The summed E-state index contributed by atoms with van der Waals surface area (Å²) < 4.78 is 5.38. The minimum atomic E-state index is -1.02. The van der Waals surface area contributed by atoms with E-state index in [0.29, 0.717) is 11.6 Å². The maximum atomic E-state index is 11.1. The predicted octanol–water partition coefficient (Wildman–Crippen LogP) is 0.921. The monoisotopic (exact) mass is 282 g/mol. The zero-order valence-corrected chi connectivity index (χ0v) is 11.5. The molecule has 1 aromatic rings. The van der Waals surface area contributed by atoms with Crippen LogP contribution >= 0.6 is 12.2 Å². The van der Waals surface area contributed by atoms with Crippen molar-refractivity contribution in [3.63, 3.8) is 0 Å². The lowest BCUT2D eigenvalue weighted by atomic mass is 10.2. The van der Waals surface area contributed by atoms with Crippen molar-refractivity contribution in [1.82, 2.24) is 5.32 Å². The Morgan fingerprint density at radius 1 is 1.47 bits per heavy atom. The van der Waals surface area contributed by atoms with Crippen LogP contribution < -0.4 is 11.1 Å². The molecular weight excluding hydrogens is 264 g/mol. The molecule has 0 aromatic heterocycles. The Kier molecular flexibility index (Phi) is 6.41. The second-order valence-electron chi connectivity index (χ2n) is 4.19. The molecule has 0 aliphatic rings. The average molecular weight is 282 g/mol. The van der Waals surface area contributed by atoms with E-state index in [0.717, 1.165) is 5.56 Å². The molecule has 6 heteroatoms. The molecule has 19 heavy (non-hydrogen) atoms. The molecule has 0 heterocycles. The fraction of sp³-hybridized carbons (Fsp3) is 0.385. The number of carbonyl (C=O) groups is 1. The number of carboxylic acid groups (broad SMARTS) is 1. The SMILES string of the molecule is C[C@H](N)C(=S)N[C@@H](COCc1ccccc1)C(=O)O. The minimum absolute atomic E-state index is 0.0249. The van der Waals surface area contributed by atoms with Gasteiger partial charge in [-0.25, -0.2) is 4.79 Å². The number of nitrogens with two attached hydrogens (primary N) is 1. The van der Waals surface area contributed by atoms with Crippen molar-refractivity contribution >= 4 is 23.2 Å². The molecule has 0 bridgehead atoms. The number of thiocarbonyl (C=S) groups is 1. The maximum absolute atomic E-state index is 11.1. The summed E-state index contributed by atoms with van der Waals surface area (Å²) in [6, 6.07) is 8.26. The molecule has 1 rings (SSSR count). The van der Waals surface area contributed by atoms with Crippen molar-refractivity contribution in [2.75, 3.05) is 6.61 Å². The van der Waals surface area contributed by atoms with E-state index in [1.165, 1.54) is 0 Å². The molecular formula is C13H18N2O3S. The van der Waals surface area contributed by atoms with E-state index in [1.807, 2.05) is 30.3 Å².